The fourth-order valence-corrected chi connectivity index (χ4v) is 5.59. The molecule has 2 heterocycles. The number of anilines is 2. The first-order valence-corrected chi connectivity index (χ1v) is 11.4. The number of Topliss-reactive ketones (excluding diaryl/α,β-unsaturated/α-hetero) is 1. The third-order valence-electron chi connectivity index (χ3n) is 6.87. The Bertz CT molecular complexity index is 1360. The van der Waals surface area contributed by atoms with Crippen LogP contribution in [0.15, 0.2) is 59.1 Å². The lowest BCUT2D eigenvalue weighted by Gasteiger charge is -2.44. The van der Waals surface area contributed by atoms with Crippen molar-refractivity contribution in [3.05, 3.63) is 80.8 Å². The van der Waals surface area contributed by atoms with Crippen molar-refractivity contribution in [1.82, 2.24) is 0 Å². The molecule has 34 heavy (non-hydrogen) atoms. The quantitative estimate of drug-likeness (QED) is 0.633. The maximum absolute atomic E-state index is 13.8. The molecule has 0 aromatic heterocycles. The Morgan fingerprint density at radius 2 is 1.91 bits per heavy atom. The van der Waals surface area contributed by atoms with Gasteiger partial charge in [-0.25, -0.2) is 4.79 Å². The van der Waals surface area contributed by atoms with Gasteiger partial charge in [-0.3, -0.25) is 14.5 Å². The highest BCUT2D eigenvalue weighted by Gasteiger charge is 2.62. The van der Waals surface area contributed by atoms with Crippen LogP contribution in [0.2, 0.25) is 5.02 Å². The number of hydrogen-bond acceptors (Lipinski definition) is 6. The summed E-state index contributed by atoms with van der Waals surface area (Å²) in [5.41, 5.74) is 9.39. The molecular weight excluding hydrogens is 454 g/mol. The Hall–Kier alpha value is -3.58. The first-order valence-electron chi connectivity index (χ1n) is 11.1. The van der Waals surface area contributed by atoms with E-state index in [4.69, 9.17) is 22.1 Å². The lowest BCUT2D eigenvalue weighted by molar-refractivity contribution is -0.138. The predicted octanol–water partition coefficient (Wildman–Crippen LogP) is 4.02. The largest absolute Gasteiger partial charge is 0.466 e. The molecule has 0 saturated carbocycles. The van der Waals surface area contributed by atoms with Crippen LogP contribution < -0.4 is 16.0 Å². The van der Waals surface area contributed by atoms with E-state index >= 15 is 0 Å². The van der Waals surface area contributed by atoms with E-state index in [-0.39, 0.29) is 29.2 Å². The van der Waals surface area contributed by atoms with Crippen molar-refractivity contribution in [3.8, 4) is 0 Å². The Balaban J connectivity index is 1.94. The fraction of sp³-hybridized carbons (Fsp3) is 0.269. The maximum atomic E-state index is 13.8. The zero-order valence-corrected chi connectivity index (χ0v) is 19.9. The van der Waals surface area contributed by atoms with Crippen LogP contribution in [-0.2, 0) is 24.5 Å². The van der Waals surface area contributed by atoms with Gasteiger partial charge < -0.3 is 15.8 Å². The molecule has 1 spiro atoms. The summed E-state index contributed by atoms with van der Waals surface area (Å²) in [6.07, 6.45) is 1.40. The minimum absolute atomic E-state index is 0.0666. The minimum atomic E-state index is -1.74. The molecule has 0 saturated heterocycles. The second-order valence-corrected chi connectivity index (χ2v) is 9.31. The zero-order valence-electron chi connectivity index (χ0n) is 19.1. The van der Waals surface area contributed by atoms with E-state index in [2.05, 4.69) is 5.32 Å². The van der Waals surface area contributed by atoms with E-state index in [1.807, 2.05) is 32.0 Å². The van der Waals surface area contributed by atoms with Crippen LogP contribution in [0, 0.1) is 13.8 Å². The molecule has 5 rings (SSSR count). The molecule has 7 nitrogen and oxygen atoms in total. The molecule has 1 unspecified atom stereocenters. The number of benzene rings is 2. The summed E-state index contributed by atoms with van der Waals surface area (Å²) in [4.78, 5) is 42.5. The molecule has 174 valence electrons. The number of ketones is 1. The van der Waals surface area contributed by atoms with Crippen molar-refractivity contribution in [2.24, 2.45) is 5.73 Å². The smallest absolute Gasteiger partial charge is 0.339 e. The molecule has 0 radical (unpaired) electrons. The minimum Gasteiger partial charge on any atom is -0.466 e. The summed E-state index contributed by atoms with van der Waals surface area (Å²) in [5.74, 6) is -1.43. The first kappa shape index (κ1) is 22.2. The highest BCUT2D eigenvalue weighted by Crippen LogP contribution is 2.56. The van der Waals surface area contributed by atoms with Crippen molar-refractivity contribution in [2.75, 3.05) is 17.3 Å². The number of rotatable bonds is 2. The Morgan fingerprint density at radius 3 is 2.65 bits per heavy atom. The summed E-state index contributed by atoms with van der Waals surface area (Å²) >= 11 is 6.33. The number of ether oxygens (including phenoxy) is 1. The van der Waals surface area contributed by atoms with Crippen molar-refractivity contribution in [1.29, 1.82) is 0 Å². The molecule has 2 aromatic carbocycles. The van der Waals surface area contributed by atoms with Gasteiger partial charge in [-0.05, 0) is 62.1 Å². The SMILES string of the molecule is COC(=O)C1=C(N)N(c2cc(C)ccc2C)C2=C(C(=O)CCC2)C12C(=O)Nc1ccc(Cl)cc12. The highest BCUT2D eigenvalue weighted by molar-refractivity contribution is 6.31. The van der Waals surface area contributed by atoms with Gasteiger partial charge >= 0.3 is 5.97 Å². The Kier molecular flexibility index (Phi) is 5.06. The average molecular weight is 478 g/mol. The first-order chi connectivity index (χ1) is 16.2. The zero-order chi connectivity index (χ0) is 24.4. The number of aryl methyl sites for hydroxylation is 2. The van der Waals surface area contributed by atoms with Gasteiger partial charge in [-0.15, -0.1) is 0 Å². The molecule has 2 aromatic rings. The number of carbonyl (C=O) groups is 3. The van der Waals surface area contributed by atoms with Crippen molar-refractivity contribution in [3.63, 3.8) is 0 Å². The van der Waals surface area contributed by atoms with E-state index in [1.54, 1.807) is 23.1 Å². The number of allylic oxidation sites excluding steroid dienone is 1. The van der Waals surface area contributed by atoms with Gasteiger partial charge in [0.2, 0.25) is 5.91 Å². The average Bonchev–Trinajstić information content (AvgIpc) is 3.07. The molecule has 3 N–H and O–H groups in total. The van der Waals surface area contributed by atoms with E-state index in [1.165, 1.54) is 7.11 Å². The van der Waals surface area contributed by atoms with E-state index < -0.39 is 17.3 Å². The van der Waals surface area contributed by atoms with Gasteiger partial charge in [0.05, 0.1) is 12.8 Å². The molecular formula is C26H24ClN3O4. The number of nitrogens with zero attached hydrogens (tertiary/aromatic N) is 1. The van der Waals surface area contributed by atoms with Crippen LogP contribution in [0.4, 0.5) is 11.4 Å². The highest BCUT2D eigenvalue weighted by atomic mass is 35.5. The van der Waals surface area contributed by atoms with Crippen LogP contribution in [0.25, 0.3) is 0 Å². The van der Waals surface area contributed by atoms with Gasteiger partial charge in [0, 0.05) is 34.0 Å². The van der Waals surface area contributed by atoms with Crippen molar-refractivity contribution < 1.29 is 19.1 Å². The maximum Gasteiger partial charge on any atom is 0.339 e. The van der Waals surface area contributed by atoms with Gasteiger partial charge in [0.1, 0.15) is 16.8 Å². The number of fused-ring (bicyclic) bond motifs is 3. The molecule has 1 atom stereocenters. The summed E-state index contributed by atoms with van der Waals surface area (Å²) in [5, 5.41) is 3.22. The van der Waals surface area contributed by atoms with Crippen molar-refractivity contribution in [2.45, 2.75) is 38.5 Å². The third kappa shape index (κ3) is 2.86. The van der Waals surface area contributed by atoms with Crippen LogP contribution in [-0.4, -0.2) is 24.8 Å². The number of carbonyl (C=O) groups excluding carboxylic acids is 3. The van der Waals surface area contributed by atoms with Crippen molar-refractivity contribution >= 4 is 40.6 Å². The second-order valence-electron chi connectivity index (χ2n) is 8.87. The van der Waals surface area contributed by atoms with Gasteiger partial charge in [-0.2, -0.15) is 0 Å². The fourth-order valence-electron chi connectivity index (χ4n) is 5.42. The molecule has 2 aliphatic heterocycles. The standard InChI is InChI=1S/C26H24ClN3O4/c1-13-7-8-14(2)19(11-13)30-18-5-4-6-20(31)21(18)26(22(23(30)28)24(32)34-3)16-12-15(27)9-10-17(16)29-25(26)33/h7-12H,4-6,28H2,1-3H3,(H,29,33). The molecule has 0 fully saturated rings. The molecule has 1 aliphatic carbocycles. The topological polar surface area (TPSA) is 102 Å². The number of nitrogens with one attached hydrogen (secondary N) is 1. The summed E-state index contributed by atoms with van der Waals surface area (Å²) < 4.78 is 5.14. The number of methoxy groups -OCH3 is 1. The van der Waals surface area contributed by atoms with Crippen LogP contribution in [0.5, 0.6) is 0 Å². The van der Waals surface area contributed by atoms with Gasteiger partial charge in [0.15, 0.2) is 5.78 Å². The molecule has 1 amide bonds. The molecule has 8 heteroatoms. The molecule has 0 bridgehead atoms. The van der Waals surface area contributed by atoms with E-state index in [9.17, 15) is 14.4 Å². The van der Waals surface area contributed by atoms with Crippen LogP contribution in [0.1, 0.15) is 36.0 Å². The monoisotopic (exact) mass is 477 g/mol. The number of amides is 1. The summed E-state index contributed by atoms with van der Waals surface area (Å²) in [6.45, 7) is 3.89. The predicted molar refractivity (Wildman–Crippen MR) is 129 cm³/mol. The van der Waals surface area contributed by atoms with E-state index in [0.717, 1.165) is 16.8 Å². The third-order valence-corrected chi connectivity index (χ3v) is 7.11. The van der Waals surface area contributed by atoms with E-state index in [0.29, 0.717) is 34.8 Å². The Labute approximate surface area is 202 Å². The summed E-state index contributed by atoms with van der Waals surface area (Å²) in [6, 6.07) is 10.8. The van der Waals surface area contributed by atoms with Gasteiger partial charge in [0.25, 0.3) is 0 Å². The van der Waals surface area contributed by atoms with Crippen LogP contribution >= 0.6 is 11.6 Å². The second kappa shape index (κ2) is 7.74. The number of halogens is 1. The van der Waals surface area contributed by atoms with Crippen LogP contribution in [0.3, 0.4) is 0 Å². The number of hydrogen-bond donors (Lipinski definition) is 2. The number of nitrogens with two attached hydrogens (primary N) is 1. The Morgan fingerprint density at radius 1 is 1.15 bits per heavy atom. The normalized spacial score (nSPS) is 21.6. The molecule has 3 aliphatic rings. The lowest BCUT2D eigenvalue weighted by atomic mass is 9.63. The summed E-state index contributed by atoms with van der Waals surface area (Å²) in [7, 11) is 1.23. The van der Waals surface area contributed by atoms with Gasteiger partial charge in [-0.1, -0.05) is 23.7 Å². The lowest BCUT2D eigenvalue weighted by Crippen LogP contribution is -2.53. The number of esters is 1.